The molecule has 2 aliphatic heterocycles. The Balaban J connectivity index is 0.00000103. The third-order valence-corrected chi connectivity index (χ3v) is 9.07. The monoisotopic (exact) mass is 661 g/mol. The zero-order valence-corrected chi connectivity index (χ0v) is 27.1. The van der Waals surface area contributed by atoms with Gasteiger partial charge in [-0.15, -0.1) is 11.3 Å². The lowest BCUT2D eigenvalue weighted by Gasteiger charge is -2.31. The van der Waals surface area contributed by atoms with E-state index >= 15 is 4.39 Å². The Morgan fingerprint density at radius 1 is 1.13 bits per heavy atom. The van der Waals surface area contributed by atoms with E-state index in [1.165, 1.54) is 17.7 Å². The average Bonchev–Trinajstić information content (AvgIpc) is 3.68. The topological polar surface area (TPSA) is 80.6 Å². The first-order valence-electron chi connectivity index (χ1n) is 14.9. The molecule has 1 atom stereocenters. The van der Waals surface area contributed by atoms with Crippen LogP contribution >= 0.6 is 11.3 Å². The van der Waals surface area contributed by atoms with Gasteiger partial charge in [0.15, 0.2) is 0 Å². The molecule has 0 aliphatic carbocycles. The van der Waals surface area contributed by atoms with Gasteiger partial charge in [0.05, 0.1) is 54.1 Å². The number of aromatic nitrogens is 3. The Labute approximate surface area is 274 Å². The Bertz CT molecular complexity index is 1930. The fraction of sp³-hybridized carbons (Fsp3) is 0.257. The average molecular weight is 662 g/mol. The highest BCUT2D eigenvalue weighted by atomic mass is 32.1. The zero-order valence-electron chi connectivity index (χ0n) is 26.3. The van der Waals surface area contributed by atoms with Crippen LogP contribution in [0.1, 0.15) is 42.3 Å². The van der Waals surface area contributed by atoms with Gasteiger partial charge in [-0.1, -0.05) is 25.3 Å². The number of hydrogen-bond donors (Lipinski definition) is 0. The summed E-state index contributed by atoms with van der Waals surface area (Å²) in [6.07, 6.45) is 5.16. The summed E-state index contributed by atoms with van der Waals surface area (Å²) in [5.41, 5.74) is 4.78. The number of methoxy groups -OCH3 is 1. The van der Waals surface area contributed by atoms with Crippen molar-refractivity contribution in [2.75, 3.05) is 20.2 Å². The highest BCUT2D eigenvalue weighted by molar-refractivity contribution is 7.17. The van der Waals surface area contributed by atoms with Crippen LogP contribution in [0, 0.1) is 5.82 Å². The van der Waals surface area contributed by atoms with Crippen LogP contribution in [-0.2, 0) is 33.8 Å². The van der Waals surface area contributed by atoms with Crippen molar-refractivity contribution in [3.8, 4) is 22.6 Å². The zero-order chi connectivity index (χ0) is 33.8. The van der Waals surface area contributed by atoms with Gasteiger partial charge in [-0.2, -0.15) is 5.10 Å². The number of halogens is 3. The number of rotatable bonds is 6. The van der Waals surface area contributed by atoms with Crippen molar-refractivity contribution in [3.05, 3.63) is 102 Å². The standard InChI is InChI=1S/C32H28F3N5O2S.C3H6O/c1-4-28(42)39-14-18(2)40-24(16-39)13-27(37-40)31-25(12-23(34)7-9-33)29-26(35)17-43-32(29)30(36-31)21-6-5-20-8-10-38(19(3)41)15-22(20)11-21;1-3-4-2/h4-7,9,11-13,17-18H,1,8,10,14-16H2,2-3H3;3H,1H2,2H3/b9-7+,23-12?;. The van der Waals surface area contributed by atoms with E-state index in [9.17, 15) is 18.4 Å². The molecule has 0 N–H and O–H groups in total. The largest absolute Gasteiger partial charge is 0.505 e. The molecular weight excluding hydrogens is 627 g/mol. The highest BCUT2D eigenvalue weighted by Crippen LogP contribution is 2.42. The third kappa shape index (κ3) is 6.78. The molecule has 4 aromatic rings. The summed E-state index contributed by atoms with van der Waals surface area (Å²) >= 11 is 1.15. The van der Waals surface area contributed by atoms with Crippen LogP contribution in [0.15, 0.2) is 73.4 Å². The van der Waals surface area contributed by atoms with E-state index in [0.29, 0.717) is 41.8 Å². The van der Waals surface area contributed by atoms with E-state index < -0.39 is 11.6 Å². The summed E-state index contributed by atoms with van der Waals surface area (Å²) in [4.78, 5) is 32.8. The maximum Gasteiger partial charge on any atom is 0.246 e. The van der Waals surface area contributed by atoms with Crippen molar-refractivity contribution in [1.29, 1.82) is 0 Å². The molecule has 5 heterocycles. The van der Waals surface area contributed by atoms with E-state index in [1.54, 1.807) is 34.6 Å². The van der Waals surface area contributed by atoms with E-state index in [1.807, 2.05) is 25.1 Å². The van der Waals surface area contributed by atoms with Gasteiger partial charge in [-0.05, 0) is 48.8 Å². The molecule has 6 rings (SSSR count). The molecule has 0 bridgehead atoms. The minimum atomic E-state index is -0.914. The lowest BCUT2D eigenvalue weighted by Crippen LogP contribution is -2.39. The molecule has 0 spiro atoms. The van der Waals surface area contributed by atoms with Gasteiger partial charge in [0.1, 0.15) is 17.3 Å². The smallest absolute Gasteiger partial charge is 0.246 e. The molecule has 3 aromatic heterocycles. The first-order valence-corrected chi connectivity index (χ1v) is 15.7. The highest BCUT2D eigenvalue weighted by Gasteiger charge is 2.29. The molecule has 0 radical (unpaired) electrons. The molecule has 0 saturated heterocycles. The number of amides is 2. The summed E-state index contributed by atoms with van der Waals surface area (Å²) in [5, 5.41) is 6.27. The number of thiophene rings is 1. The van der Waals surface area contributed by atoms with Crippen LogP contribution in [0.25, 0.3) is 38.8 Å². The first-order chi connectivity index (χ1) is 22.6. The number of fused-ring (bicyclic) bond motifs is 3. The lowest BCUT2D eigenvalue weighted by atomic mass is 9.95. The maximum absolute atomic E-state index is 15.5. The summed E-state index contributed by atoms with van der Waals surface area (Å²) in [7, 11) is 1.56. The van der Waals surface area contributed by atoms with Gasteiger partial charge in [-0.25, -0.2) is 18.2 Å². The first kappa shape index (κ1) is 33.4. The molecule has 8 nitrogen and oxygen atoms in total. The Kier molecular flexibility index (Phi) is 10.1. The lowest BCUT2D eigenvalue weighted by molar-refractivity contribution is -0.130. The van der Waals surface area contributed by atoms with Gasteiger partial charge in [0.25, 0.3) is 0 Å². The second kappa shape index (κ2) is 14.2. The SMILES string of the molecule is C=CC(=O)N1Cc2cc(-c3nc(-c4ccc5c(c4)CN(C(C)=O)CC5)c4scc(F)c4c3C=C(F)/C=C/F)nn2C(C)C1.C=COC. The summed E-state index contributed by atoms with van der Waals surface area (Å²) in [6, 6.07) is 7.48. The second-order valence-corrected chi connectivity index (χ2v) is 12.0. The van der Waals surface area contributed by atoms with Crippen LogP contribution in [0.4, 0.5) is 13.2 Å². The minimum Gasteiger partial charge on any atom is -0.505 e. The van der Waals surface area contributed by atoms with Crippen LogP contribution < -0.4 is 0 Å². The fourth-order valence-corrected chi connectivity index (χ4v) is 6.80. The molecule has 0 saturated carbocycles. The normalized spacial score (nSPS) is 16.0. The van der Waals surface area contributed by atoms with Gasteiger partial charge >= 0.3 is 0 Å². The predicted octanol–water partition coefficient (Wildman–Crippen LogP) is 7.53. The molecular formula is C35H34F3N5O3S. The van der Waals surface area contributed by atoms with Crippen molar-refractivity contribution in [1.82, 2.24) is 24.6 Å². The molecule has 0 fully saturated rings. The summed E-state index contributed by atoms with van der Waals surface area (Å²) in [6.45, 7) is 12.1. The van der Waals surface area contributed by atoms with E-state index in [2.05, 4.69) is 17.9 Å². The van der Waals surface area contributed by atoms with E-state index in [0.717, 1.165) is 46.2 Å². The van der Waals surface area contributed by atoms with E-state index in [-0.39, 0.29) is 47.4 Å². The molecule has 244 valence electrons. The van der Waals surface area contributed by atoms with Gasteiger partial charge in [0.2, 0.25) is 11.8 Å². The Morgan fingerprint density at radius 2 is 1.89 bits per heavy atom. The second-order valence-electron chi connectivity index (χ2n) is 11.1. The van der Waals surface area contributed by atoms with Crippen molar-refractivity contribution in [3.63, 3.8) is 0 Å². The summed E-state index contributed by atoms with van der Waals surface area (Å²) in [5.74, 6) is -1.69. The van der Waals surface area contributed by atoms with Crippen molar-refractivity contribution >= 4 is 39.3 Å². The van der Waals surface area contributed by atoms with Crippen molar-refractivity contribution in [2.45, 2.75) is 39.4 Å². The minimum absolute atomic E-state index is 0.00832. The van der Waals surface area contributed by atoms with Gasteiger partial charge < -0.3 is 14.5 Å². The van der Waals surface area contributed by atoms with Crippen molar-refractivity contribution in [2.24, 2.45) is 0 Å². The Hall–Kier alpha value is -4.97. The number of ether oxygens (including phenoxy) is 1. The third-order valence-electron chi connectivity index (χ3n) is 8.11. The van der Waals surface area contributed by atoms with Crippen LogP contribution in [0.2, 0.25) is 0 Å². The number of benzene rings is 1. The fourth-order valence-electron chi connectivity index (χ4n) is 5.86. The maximum atomic E-state index is 15.5. The number of carbonyl (C=O) groups excluding carboxylic acids is 2. The number of hydrogen-bond acceptors (Lipinski definition) is 6. The van der Waals surface area contributed by atoms with Crippen LogP contribution in [-0.4, -0.2) is 56.6 Å². The summed E-state index contributed by atoms with van der Waals surface area (Å²) < 4.78 is 49.8. The molecule has 1 unspecified atom stereocenters. The molecule has 2 aliphatic rings. The number of carbonyl (C=O) groups is 2. The number of allylic oxidation sites excluding steroid dienone is 2. The Morgan fingerprint density at radius 3 is 2.57 bits per heavy atom. The van der Waals surface area contributed by atoms with Crippen LogP contribution in [0.5, 0.6) is 0 Å². The molecule has 2 amide bonds. The number of pyridine rings is 1. The number of nitrogens with zero attached hydrogens (tertiary/aromatic N) is 5. The molecule has 47 heavy (non-hydrogen) atoms. The van der Waals surface area contributed by atoms with Crippen molar-refractivity contribution < 1.29 is 27.5 Å². The van der Waals surface area contributed by atoms with Gasteiger partial charge in [0, 0.05) is 54.5 Å². The molecule has 1 aromatic carbocycles. The quantitative estimate of drug-likeness (QED) is 0.121. The van der Waals surface area contributed by atoms with E-state index in [4.69, 9.17) is 10.1 Å². The van der Waals surface area contributed by atoms with Gasteiger partial charge in [-0.3, -0.25) is 14.3 Å². The van der Waals surface area contributed by atoms with Crippen LogP contribution in [0.3, 0.4) is 0 Å². The molecule has 12 heteroatoms. The predicted molar refractivity (Wildman–Crippen MR) is 178 cm³/mol.